The highest BCUT2D eigenvalue weighted by Crippen LogP contribution is 2.16. The number of rotatable bonds is 3. The largest absolute Gasteiger partial charge is 0.370 e. The number of hydrogen-bond acceptors (Lipinski definition) is 2. The Bertz CT molecular complexity index is 676. The zero-order valence-corrected chi connectivity index (χ0v) is 13.3. The summed E-state index contributed by atoms with van der Waals surface area (Å²) in [7, 11) is 0. The number of hydrogen-bond donors (Lipinski definition) is 2. The van der Waals surface area contributed by atoms with Crippen LogP contribution in [0.1, 0.15) is 35.5 Å². The van der Waals surface area contributed by atoms with Gasteiger partial charge in [-0.15, -0.1) is 0 Å². The van der Waals surface area contributed by atoms with E-state index in [2.05, 4.69) is 52.0 Å². The van der Waals surface area contributed by atoms with Crippen LogP contribution in [0.3, 0.4) is 0 Å². The number of nitrogens with two attached hydrogens (primary N) is 1. The molecule has 116 valence electrons. The standard InChI is InChI=1S/C17H23N5/c1-12-6-7-14(9-13(12)2)21-17(18)19-10-15-11-22-8-4-3-5-16(22)20-15/h6-7,9,11H,3-5,8,10H2,1-2H3,(H3,18,19,21). The molecule has 2 aromatic rings. The van der Waals surface area contributed by atoms with Gasteiger partial charge in [-0.1, -0.05) is 6.07 Å². The molecule has 0 aliphatic carbocycles. The Labute approximate surface area is 131 Å². The van der Waals surface area contributed by atoms with Crippen molar-refractivity contribution in [1.29, 1.82) is 0 Å². The summed E-state index contributed by atoms with van der Waals surface area (Å²) in [6, 6.07) is 6.17. The van der Waals surface area contributed by atoms with Gasteiger partial charge < -0.3 is 15.6 Å². The second-order valence-electron chi connectivity index (χ2n) is 5.92. The predicted octanol–water partition coefficient (Wildman–Crippen LogP) is 2.76. The maximum Gasteiger partial charge on any atom is 0.193 e. The fraction of sp³-hybridized carbons (Fsp3) is 0.412. The van der Waals surface area contributed by atoms with Gasteiger partial charge in [-0.25, -0.2) is 9.98 Å². The molecule has 22 heavy (non-hydrogen) atoms. The molecule has 0 atom stereocenters. The van der Waals surface area contributed by atoms with Gasteiger partial charge in [-0.2, -0.15) is 0 Å². The molecule has 0 radical (unpaired) electrons. The normalized spacial score (nSPS) is 14.7. The lowest BCUT2D eigenvalue weighted by atomic mass is 10.1. The molecule has 1 aliphatic heterocycles. The number of aryl methyl sites for hydroxylation is 4. The molecule has 0 fully saturated rings. The van der Waals surface area contributed by atoms with E-state index in [9.17, 15) is 0 Å². The summed E-state index contributed by atoms with van der Waals surface area (Å²) < 4.78 is 2.24. The van der Waals surface area contributed by atoms with Crippen LogP contribution in [0.4, 0.5) is 5.69 Å². The minimum atomic E-state index is 0.425. The predicted molar refractivity (Wildman–Crippen MR) is 90.0 cm³/mol. The Hall–Kier alpha value is -2.30. The van der Waals surface area contributed by atoms with E-state index in [4.69, 9.17) is 5.73 Å². The van der Waals surface area contributed by atoms with Gasteiger partial charge in [-0.05, 0) is 49.9 Å². The lowest BCUT2D eigenvalue weighted by molar-refractivity contribution is 0.522. The summed E-state index contributed by atoms with van der Waals surface area (Å²) >= 11 is 0. The molecule has 3 rings (SSSR count). The topological polar surface area (TPSA) is 68.2 Å². The number of fused-ring (bicyclic) bond motifs is 1. The highest BCUT2D eigenvalue weighted by atomic mass is 15.1. The molecule has 0 amide bonds. The molecule has 1 aromatic carbocycles. The summed E-state index contributed by atoms with van der Waals surface area (Å²) in [4.78, 5) is 9.02. The van der Waals surface area contributed by atoms with E-state index < -0.39 is 0 Å². The van der Waals surface area contributed by atoms with Crippen molar-refractivity contribution in [3.63, 3.8) is 0 Å². The summed E-state index contributed by atoms with van der Waals surface area (Å²) in [5, 5.41) is 3.14. The molecule has 0 saturated heterocycles. The van der Waals surface area contributed by atoms with Gasteiger partial charge in [0.15, 0.2) is 5.96 Å². The van der Waals surface area contributed by atoms with Gasteiger partial charge in [0, 0.05) is 24.8 Å². The van der Waals surface area contributed by atoms with Gasteiger partial charge >= 0.3 is 0 Å². The van der Waals surface area contributed by atoms with Crippen LogP contribution in [-0.2, 0) is 19.5 Å². The molecule has 2 heterocycles. The number of aromatic nitrogens is 2. The first-order valence-electron chi connectivity index (χ1n) is 7.81. The van der Waals surface area contributed by atoms with Crippen LogP contribution in [0.5, 0.6) is 0 Å². The van der Waals surface area contributed by atoms with E-state index in [1.54, 1.807) is 0 Å². The number of nitrogens with zero attached hydrogens (tertiary/aromatic N) is 3. The van der Waals surface area contributed by atoms with E-state index in [-0.39, 0.29) is 0 Å². The van der Waals surface area contributed by atoms with Crippen molar-refractivity contribution >= 4 is 11.6 Å². The summed E-state index contributed by atoms with van der Waals surface area (Å²) in [6.45, 7) is 5.77. The van der Waals surface area contributed by atoms with E-state index in [1.165, 1.54) is 29.8 Å². The maximum atomic E-state index is 5.97. The monoisotopic (exact) mass is 297 g/mol. The van der Waals surface area contributed by atoms with Crippen LogP contribution in [-0.4, -0.2) is 15.5 Å². The molecule has 1 aliphatic rings. The molecule has 0 bridgehead atoms. The number of imidazole rings is 1. The van der Waals surface area contributed by atoms with Crippen molar-refractivity contribution in [2.75, 3.05) is 5.32 Å². The number of aliphatic imine (C=N–C) groups is 1. The number of guanidine groups is 1. The van der Waals surface area contributed by atoms with Gasteiger partial charge in [0.25, 0.3) is 0 Å². The summed E-state index contributed by atoms with van der Waals surface area (Å²) in [5.74, 6) is 1.60. The Morgan fingerprint density at radius 1 is 1.32 bits per heavy atom. The van der Waals surface area contributed by atoms with Gasteiger partial charge in [0.05, 0.1) is 12.2 Å². The third kappa shape index (κ3) is 3.30. The first-order chi connectivity index (χ1) is 10.6. The lowest BCUT2D eigenvalue weighted by Crippen LogP contribution is -2.22. The van der Waals surface area contributed by atoms with Crippen LogP contribution in [0.15, 0.2) is 29.4 Å². The van der Waals surface area contributed by atoms with Crippen LogP contribution in [0.25, 0.3) is 0 Å². The maximum absolute atomic E-state index is 5.97. The van der Waals surface area contributed by atoms with E-state index in [0.717, 1.165) is 24.3 Å². The van der Waals surface area contributed by atoms with Crippen molar-refractivity contribution in [1.82, 2.24) is 9.55 Å². The van der Waals surface area contributed by atoms with Crippen molar-refractivity contribution in [2.24, 2.45) is 10.7 Å². The first kappa shape index (κ1) is 14.6. The Kier molecular flexibility index (Phi) is 4.13. The third-order valence-corrected chi connectivity index (χ3v) is 4.15. The first-order valence-corrected chi connectivity index (χ1v) is 7.81. The number of anilines is 1. The van der Waals surface area contributed by atoms with Gasteiger partial charge in [-0.3, -0.25) is 0 Å². The van der Waals surface area contributed by atoms with Crippen molar-refractivity contribution in [3.05, 3.63) is 47.0 Å². The van der Waals surface area contributed by atoms with Crippen molar-refractivity contribution in [2.45, 2.75) is 46.2 Å². The second-order valence-corrected chi connectivity index (χ2v) is 5.92. The molecule has 1 aromatic heterocycles. The Morgan fingerprint density at radius 2 is 2.18 bits per heavy atom. The quantitative estimate of drug-likeness (QED) is 0.676. The minimum absolute atomic E-state index is 0.425. The smallest absolute Gasteiger partial charge is 0.193 e. The van der Waals surface area contributed by atoms with E-state index in [1.807, 2.05) is 6.07 Å². The highest BCUT2D eigenvalue weighted by molar-refractivity contribution is 5.92. The van der Waals surface area contributed by atoms with Crippen LogP contribution in [0.2, 0.25) is 0 Å². The zero-order chi connectivity index (χ0) is 15.5. The molecule has 5 heteroatoms. The van der Waals surface area contributed by atoms with E-state index in [0.29, 0.717) is 12.5 Å². The van der Waals surface area contributed by atoms with Crippen molar-refractivity contribution < 1.29 is 0 Å². The molecule has 5 nitrogen and oxygen atoms in total. The fourth-order valence-corrected chi connectivity index (χ4v) is 2.72. The second kappa shape index (κ2) is 6.22. The number of nitrogens with one attached hydrogen (secondary N) is 1. The summed E-state index contributed by atoms with van der Waals surface area (Å²) in [6.07, 6.45) is 5.64. The zero-order valence-electron chi connectivity index (χ0n) is 13.3. The molecule has 3 N–H and O–H groups in total. The van der Waals surface area contributed by atoms with Crippen molar-refractivity contribution in [3.8, 4) is 0 Å². The van der Waals surface area contributed by atoms with Gasteiger partial charge in [0.1, 0.15) is 5.82 Å². The fourth-order valence-electron chi connectivity index (χ4n) is 2.72. The third-order valence-electron chi connectivity index (χ3n) is 4.15. The molecular weight excluding hydrogens is 274 g/mol. The number of benzene rings is 1. The molecule has 0 unspecified atom stereocenters. The Balaban J connectivity index is 1.64. The van der Waals surface area contributed by atoms with Crippen LogP contribution in [0, 0.1) is 13.8 Å². The van der Waals surface area contributed by atoms with Crippen LogP contribution >= 0.6 is 0 Å². The van der Waals surface area contributed by atoms with Gasteiger partial charge in [0.2, 0.25) is 0 Å². The Morgan fingerprint density at radius 3 is 2.95 bits per heavy atom. The average Bonchev–Trinajstić information content (AvgIpc) is 2.92. The van der Waals surface area contributed by atoms with Crippen LogP contribution < -0.4 is 11.1 Å². The SMILES string of the molecule is Cc1ccc(NC(N)=NCc2cn3c(n2)CCCC3)cc1C. The summed E-state index contributed by atoms with van der Waals surface area (Å²) in [5.41, 5.74) is 10.4. The molecule has 0 spiro atoms. The lowest BCUT2D eigenvalue weighted by Gasteiger charge is -2.11. The highest BCUT2D eigenvalue weighted by Gasteiger charge is 2.11. The molecule has 0 saturated carbocycles. The van der Waals surface area contributed by atoms with E-state index >= 15 is 0 Å². The molecular formula is C17H23N5. The minimum Gasteiger partial charge on any atom is -0.370 e. The average molecular weight is 297 g/mol.